The summed E-state index contributed by atoms with van der Waals surface area (Å²) < 4.78 is 40.6. The molecule has 0 spiro atoms. The van der Waals surface area contributed by atoms with Gasteiger partial charge in [0, 0.05) is 18.5 Å². The minimum atomic E-state index is -4.83. The molecule has 2 aliphatic heterocycles. The molecule has 0 aromatic heterocycles. The van der Waals surface area contributed by atoms with E-state index in [1.807, 2.05) is 0 Å². The zero-order chi connectivity index (χ0) is 20.8. The zero-order valence-corrected chi connectivity index (χ0v) is 14.7. The van der Waals surface area contributed by atoms with Crippen molar-refractivity contribution in [2.24, 2.45) is 0 Å². The second-order valence-electron chi connectivity index (χ2n) is 6.59. The number of carbonyl (C=O) groups is 3. The summed E-state index contributed by atoms with van der Waals surface area (Å²) in [5.41, 5.74) is -0.808. The summed E-state index contributed by atoms with van der Waals surface area (Å²) >= 11 is 0. The van der Waals surface area contributed by atoms with Gasteiger partial charge >= 0.3 is 6.36 Å². The normalized spacial score (nSPS) is 20.6. The summed E-state index contributed by atoms with van der Waals surface area (Å²) in [6, 6.07) is 11.0. The Balaban J connectivity index is 1.61. The van der Waals surface area contributed by atoms with Crippen LogP contribution >= 0.6 is 0 Å². The molecular formula is C19H14F3N3O4. The van der Waals surface area contributed by atoms with Crippen molar-refractivity contribution in [2.75, 3.05) is 10.2 Å². The first-order valence-electron chi connectivity index (χ1n) is 8.61. The maximum atomic E-state index is 13.1. The van der Waals surface area contributed by atoms with E-state index in [4.69, 9.17) is 0 Å². The van der Waals surface area contributed by atoms with Crippen LogP contribution in [0.1, 0.15) is 23.2 Å². The second kappa shape index (κ2) is 6.50. The van der Waals surface area contributed by atoms with E-state index < -0.39 is 29.6 Å². The van der Waals surface area contributed by atoms with Crippen molar-refractivity contribution in [3.8, 4) is 5.75 Å². The van der Waals surface area contributed by atoms with Crippen LogP contribution < -0.4 is 20.3 Å². The third-order valence-electron chi connectivity index (χ3n) is 4.76. The van der Waals surface area contributed by atoms with E-state index in [2.05, 4.69) is 15.4 Å². The van der Waals surface area contributed by atoms with E-state index >= 15 is 0 Å². The van der Waals surface area contributed by atoms with Crippen molar-refractivity contribution in [1.82, 2.24) is 5.32 Å². The molecule has 10 heteroatoms. The van der Waals surface area contributed by atoms with E-state index in [1.165, 1.54) is 17.0 Å². The quantitative estimate of drug-likeness (QED) is 0.822. The first-order valence-corrected chi connectivity index (χ1v) is 8.61. The molecule has 0 radical (unpaired) electrons. The van der Waals surface area contributed by atoms with Crippen molar-refractivity contribution in [3.63, 3.8) is 0 Å². The van der Waals surface area contributed by atoms with Gasteiger partial charge < -0.3 is 15.4 Å². The van der Waals surface area contributed by atoms with Crippen LogP contribution in [0.15, 0.2) is 48.5 Å². The fourth-order valence-corrected chi connectivity index (χ4v) is 3.54. The monoisotopic (exact) mass is 405 g/mol. The van der Waals surface area contributed by atoms with Gasteiger partial charge in [0.1, 0.15) is 5.75 Å². The number of anilines is 2. The number of para-hydroxylation sites is 1. The van der Waals surface area contributed by atoms with Gasteiger partial charge in [0.25, 0.3) is 11.8 Å². The van der Waals surface area contributed by atoms with Gasteiger partial charge in [-0.3, -0.25) is 19.3 Å². The van der Waals surface area contributed by atoms with E-state index in [9.17, 15) is 27.6 Å². The molecule has 4 rings (SSSR count). The summed E-state index contributed by atoms with van der Waals surface area (Å²) in [6.07, 6.45) is -4.71. The highest BCUT2D eigenvalue weighted by Crippen LogP contribution is 2.39. The van der Waals surface area contributed by atoms with Crippen molar-refractivity contribution in [3.05, 3.63) is 54.1 Å². The van der Waals surface area contributed by atoms with Gasteiger partial charge in [-0.05, 0) is 36.4 Å². The maximum absolute atomic E-state index is 13.1. The number of benzene rings is 2. The van der Waals surface area contributed by atoms with Crippen LogP contribution in [0, 0.1) is 0 Å². The molecule has 1 atom stereocenters. The zero-order valence-electron chi connectivity index (χ0n) is 14.7. The predicted octanol–water partition coefficient (Wildman–Crippen LogP) is 2.79. The molecule has 2 aliphatic rings. The van der Waals surface area contributed by atoms with Crippen molar-refractivity contribution >= 4 is 29.1 Å². The van der Waals surface area contributed by atoms with Crippen LogP contribution in [0.4, 0.5) is 24.5 Å². The van der Waals surface area contributed by atoms with Crippen LogP contribution in [-0.4, -0.2) is 29.7 Å². The van der Waals surface area contributed by atoms with Gasteiger partial charge in [0.15, 0.2) is 0 Å². The fourth-order valence-electron chi connectivity index (χ4n) is 3.54. The number of nitrogens with one attached hydrogen (secondary N) is 2. The van der Waals surface area contributed by atoms with E-state index in [-0.39, 0.29) is 30.0 Å². The van der Waals surface area contributed by atoms with Crippen LogP contribution in [0.5, 0.6) is 5.75 Å². The number of nitrogens with zero attached hydrogens (tertiary/aromatic N) is 1. The molecule has 3 amide bonds. The number of carbonyl (C=O) groups excluding carboxylic acids is 3. The van der Waals surface area contributed by atoms with E-state index in [1.54, 1.807) is 24.3 Å². The third-order valence-corrected chi connectivity index (χ3v) is 4.76. The van der Waals surface area contributed by atoms with Crippen LogP contribution in [0.3, 0.4) is 0 Å². The highest BCUT2D eigenvalue weighted by atomic mass is 19.4. The smallest absolute Gasteiger partial charge is 0.406 e. The lowest BCUT2D eigenvalue weighted by Crippen LogP contribution is -2.68. The van der Waals surface area contributed by atoms with E-state index in [0.29, 0.717) is 5.69 Å². The molecule has 1 fully saturated rings. The van der Waals surface area contributed by atoms with Gasteiger partial charge in [0.2, 0.25) is 11.6 Å². The molecule has 2 heterocycles. The topological polar surface area (TPSA) is 87.7 Å². The number of hydrogen-bond acceptors (Lipinski definition) is 4. The Kier molecular flexibility index (Phi) is 4.21. The Bertz CT molecular complexity index is 1010. The molecule has 150 valence electrons. The number of halogens is 3. The van der Waals surface area contributed by atoms with Crippen LogP contribution in [0.2, 0.25) is 0 Å². The fraction of sp³-hybridized carbons (Fsp3) is 0.211. The number of rotatable bonds is 3. The summed E-state index contributed by atoms with van der Waals surface area (Å²) in [5.74, 6) is -1.92. The Morgan fingerprint density at radius 1 is 1.10 bits per heavy atom. The minimum Gasteiger partial charge on any atom is -0.406 e. The SMILES string of the molecule is O=C1N[C@]2(C(=O)Nc3ccc(OC(F)(F)F)cc3)CCC(=O)N2c2ccccc21. The molecule has 2 aromatic rings. The molecule has 0 saturated carbocycles. The molecule has 2 N–H and O–H groups in total. The van der Waals surface area contributed by atoms with Crippen molar-refractivity contribution in [1.29, 1.82) is 0 Å². The molecule has 1 saturated heterocycles. The Morgan fingerprint density at radius 2 is 1.79 bits per heavy atom. The van der Waals surface area contributed by atoms with E-state index in [0.717, 1.165) is 12.1 Å². The summed E-state index contributed by atoms with van der Waals surface area (Å²) in [5, 5.41) is 5.17. The molecule has 2 aromatic carbocycles. The molecule has 0 aliphatic carbocycles. The number of ether oxygens (including phenoxy) is 1. The van der Waals surface area contributed by atoms with Crippen LogP contribution in [-0.2, 0) is 9.59 Å². The third kappa shape index (κ3) is 3.26. The lowest BCUT2D eigenvalue weighted by molar-refractivity contribution is -0.274. The number of fused-ring (bicyclic) bond motifs is 3. The van der Waals surface area contributed by atoms with Gasteiger partial charge in [-0.15, -0.1) is 13.2 Å². The van der Waals surface area contributed by atoms with Gasteiger partial charge in [-0.25, -0.2) is 0 Å². The highest BCUT2D eigenvalue weighted by molar-refractivity contribution is 6.18. The van der Waals surface area contributed by atoms with Crippen molar-refractivity contribution in [2.45, 2.75) is 24.9 Å². The molecular weight excluding hydrogens is 391 g/mol. The average molecular weight is 405 g/mol. The first kappa shape index (κ1) is 18.8. The molecule has 0 unspecified atom stereocenters. The van der Waals surface area contributed by atoms with Gasteiger partial charge in [-0.2, -0.15) is 0 Å². The Hall–Kier alpha value is -3.56. The van der Waals surface area contributed by atoms with Crippen molar-refractivity contribution < 1.29 is 32.3 Å². The lowest BCUT2D eigenvalue weighted by Gasteiger charge is -2.41. The summed E-state index contributed by atoms with van der Waals surface area (Å²) in [4.78, 5) is 39.3. The summed E-state index contributed by atoms with van der Waals surface area (Å²) in [7, 11) is 0. The lowest BCUT2D eigenvalue weighted by atomic mass is 9.98. The highest BCUT2D eigenvalue weighted by Gasteiger charge is 2.56. The molecule has 7 nitrogen and oxygen atoms in total. The van der Waals surface area contributed by atoms with Crippen LogP contribution in [0.25, 0.3) is 0 Å². The maximum Gasteiger partial charge on any atom is 0.573 e. The first-order chi connectivity index (χ1) is 13.7. The Morgan fingerprint density at radius 3 is 2.48 bits per heavy atom. The molecule has 29 heavy (non-hydrogen) atoms. The van der Waals surface area contributed by atoms with Gasteiger partial charge in [0.05, 0.1) is 11.3 Å². The molecule has 0 bridgehead atoms. The average Bonchev–Trinajstić information content (AvgIpc) is 3.00. The number of amides is 3. The number of alkyl halides is 3. The Labute approximate surface area is 162 Å². The minimum absolute atomic E-state index is 0.0559. The predicted molar refractivity (Wildman–Crippen MR) is 95.1 cm³/mol. The second-order valence-corrected chi connectivity index (χ2v) is 6.59. The standard InChI is InChI=1S/C19H14F3N3O4/c20-19(21,22)29-12-7-5-11(6-8-12)23-17(28)18-10-9-15(26)25(18)14-4-2-1-3-13(14)16(27)24-18/h1-8H,9-10H2,(H,23,28)(H,24,27)/t18-/m1/s1. The number of hydrogen-bond donors (Lipinski definition) is 2. The largest absolute Gasteiger partial charge is 0.573 e. The van der Waals surface area contributed by atoms with Gasteiger partial charge in [-0.1, -0.05) is 12.1 Å². The summed E-state index contributed by atoms with van der Waals surface area (Å²) in [6.45, 7) is 0.